The van der Waals surface area contributed by atoms with Gasteiger partial charge in [-0.2, -0.15) is 0 Å². The Labute approximate surface area is 152 Å². The van der Waals surface area contributed by atoms with E-state index in [9.17, 15) is 15.0 Å². The molecule has 2 aromatic heterocycles. The minimum atomic E-state index is -1.08. The summed E-state index contributed by atoms with van der Waals surface area (Å²) in [4.78, 5) is 21.2. The average Bonchev–Trinajstić information content (AvgIpc) is 2.96. The predicted octanol–water partition coefficient (Wildman–Crippen LogP) is 4.07. The molecule has 2 N–H and O–H groups in total. The molecule has 0 saturated heterocycles. The van der Waals surface area contributed by atoms with Gasteiger partial charge in [-0.15, -0.1) is 11.3 Å². The van der Waals surface area contributed by atoms with Gasteiger partial charge in [0.25, 0.3) is 0 Å². The van der Waals surface area contributed by atoms with Crippen LogP contribution in [0.3, 0.4) is 0 Å². The Bertz CT molecular complexity index is 777. The van der Waals surface area contributed by atoms with Crippen LogP contribution in [0.1, 0.15) is 38.1 Å². The third-order valence-corrected chi connectivity index (χ3v) is 6.36. The first-order valence-corrected chi connectivity index (χ1v) is 9.37. The zero-order valence-corrected chi connectivity index (χ0v) is 15.9. The van der Waals surface area contributed by atoms with Crippen molar-refractivity contribution in [3.63, 3.8) is 0 Å². The van der Waals surface area contributed by atoms with Gasteiger partial charge in [0.05, 0.1) is 16.5 Å². The summed E-state index contributed by atoms with van der Waals surface area (Å²) in [6.45, 7) is 3.81. The van der Waals surface area contributed by atoms with E-state index >= 15 is 0 Å². The van der Waals surface area contributed by atoms with E-state index in [1.54, 1.807) is 6.20 Å². The maximum atomic E-state index is 11.4. The normalized spacial score (nSPS) is 26.2. The van der Waals surface area contributed by atoms with Crippen molar-refractivity contribution in [3.05, 3.63) is 34.0 Å². The molecule has 0 aromatic carbocycles. The van der Waals surface area contributed by atoms with Gasteiger partial charge in [0, 0.05) is 6.20 Å². The number of hydrogen-bond donors (Lipinski definition) is 2. The van der Waals surface area contributed by atoms with Gasteiger partial charge < -0.3 is 10.2 Å². The highest BCUT2D eigenvalue weighted by Crippen LogP contribution is 2.50. The number of thiazole rings is 1. The average molecular weight is 411 g/mol. The van der Waals surface area contributed by atoms with Crippen molar-refractivity contribution in [3.8, 4) is 10.6 Å². The van der Waals surface area contributed by atoms with Crippen LogP contribution in [0.2, 0.25) is 0 Å². The van der Waals surface area contributed by atoms with Gasteiger partial charge in [0.15, 0.2) is 0 Å². The summed E-state index contributed by atoms with van der Waals surface area (Å²) < 4.78 is 0.747. The number of nitrogens with zero attached hydrogens (tertiary/aromatic N) is 2. The number of halogens is 1. The largest absolute Gasteiger partial charge is 0.481 e. The Balaban J connectivity index is 1.88. The van der Waals surface area contributed by atoms with Crippen LogP contribution in [0.25, 0.3) is 10.6 Å². The van der Waals surface area contributed by atoms with Gasteiger partial charge in [0.2, 0.25) is 0 Å². The van der Waals surface area contributed by atoms with E-state index in [2.05, 4.69) is 25.9 Å². The summed E-state index contributed by atoms with van der Waals surface area (Å²) in [6.07, 6.45) is 2.97. The van der Waals surface area contributed by atoms with Crippen LogP contribution in [0, 0.1) is 11.3 Å². The number of carbonyl (C=O) groups is 1. The number of hydrogen-bond acceptors (Lipinski definition) is 5. The van der Waals surface area contributed by atoms with Crippen molar-refractivity contribution in [1.82, 2.24) is 9.97 Å². The highest BCUT2D eigenvalue weighted by molar-refractivity contribution is 9.10. The fraction of sp³-hybridized carbons (Fsp3) is 0.471. The molecule has 0 amide bonds. The van der Waals surface area contributed by atoms with E-state index in [1.807, 2.05) is 32.0 Å². The summed E-state index contributed by atoms with van der Waals surface area (Å²) in [6, 6.07) is 5.66. The number of carboxylic acids is 1. The highest BCUT2D eigenvalue weighted by Gasteiger charge is 2.49. The van der Waals surface area contributed by atoms with Crippen LogP contribution in [0.4, 0.5) is 0 Å². The summed E-state index contributed by atoms with van der Waals surface area (Å²) in [7, 11) is 0. The standard InChI is InChI=1S/C17H19BrN2O3S/c1-16(2)9-17(23,7-6-10(16)14(21)22)15-19-8-12(24-15)11-4-3-5-13(18)20-11/h3-5,8,10,23H,6-7,9H2,1-2H3,(H,21,22)/t10?,17-/m1/s1. The molecular formula is C17H19BrN2O3S. The van der Waals surface area contributed by atoms with Crippen LogP contribution >= 0.6 is 27.3 Å². The summed E-state index contributed by atoms with van der Waals surface area (Å²) in [5.74, 6) is -1.23. The lowest BCUT2D eigenvalue weighted by Gasteiger charge is -2.44. The number of rotatable bonds is 3. The number of aliphatic carboxylic acids is 1. The smallest absolute Gasteiger partial charge is 0.307 e. The number of aromatic nitrogens is 2. The first-order valence-electron chi connectivity index (χ1n) is 7.76. The second-order valence-electron chi connectivity index (χ2n) is 7.00. The van der Waals surface area contributed by atoms with E-state index in [4.69, 9.17) is 0 Å². The van der Waals surface area contributed by atoms with Crippen LogP contribution in [0.5, 0.6) is 0 Å². The van der Waals surface area contributed by atoms with Gasteiger partial charge in [-0.3, -0.25) is 4.79 Å². The lowest BCUT2D eigenvalue weighted by Crippen LogP contribution is -2.44. The molecular weight excluding hydrogens is 392 g/mol. The molecule has 0 aliphatic heterocycles. The van der Waals surface area contributed by atoms with Crippen molar-refractivity contribution in [2.45, 2.75) is 38.7 Å². The van der Waals surface area contributed by atoms with Crippen molar-refractivity contribution in [2.24, 2.45) is 11.3 Å². The zero-order chi connectivity index (χ0) is 17.5. The molecule has 3 rings (SSSR count). The lowest BCUT2D eigenvalue weighted by molar-refractivity contribution is -0.154. The fourth-order valence-electron chi connectivity index (χ4n) is 3.53. The molecule has 0 bridgehead atoms. The number of carboxylic acid groups (broad SMARTS) is 1. The Morgan fingerprint density at radius 3 is 2.79 bits per heavy atom. The number of aliphatic hydroxyl groups is 1. The van der Waals surface area contributed by atoms with Crippen LogP contribution in [-0.4, -0.2) is 26.2 Å². The molecule has 1 saturated carbocycles. The summed E-state index contributed by atoms with van der Waals surface area (Å²) in [5, 5.41) is 21.1. The molecule has 2 aromatic rings. The Kier molecular flexibility index (Phi) is 4.53. The van der Waals surface area contributed by atoms with E-state index in [0.29, 0.717) is 24.3 Å². The molecule has 1 aliphatic carbocycles. The third-order valence-electron chi connectivity index (χ3n) is 4.71. The Morgan fingerprint density at radius 1 is 1.42 bits per heavy atom. The van der Waals surface area contributed by atoms with Crippen molar-refractivity contribution < 1.29 is 15.0 Å². The van der Waals surface area contributed by atoms with Gasteiger partial charge in [-0.05, 0) is 52.7 Å². The summed E-state index contributed by atoms with van der Waals surface area (Å²) >= 11 is 4.78. The van der Waals surface area contributed by atoms with Crippen LogP contribution in [-0.2, 0) is 10.4 Å². The fourth-order valence-corrected chi connectivity index (χ4v) is 4.88. The molecule has 24 heavy (non-hydrogen) atoms. The third kappa shape index (κ3) is 3.25. The Morgan fingerprint density at radius 2 is 2.17 bits per heavy atom. The molecule has 1 unspecified atom stereocenters. The second kappa shape index (κ2) is 6.20. The van der Waals surface area contributed by atoms with E-state index in [1.165, 1.54) is 11.3 Å². The maximum absolute atomic E-state index is 11.4. The lowest BCUT2D eigenvalue weighted by atomic mass is 9.63. The van der Waals surface area contributed by atoms with Gasteiger partial charge in [0.1, 0.15) is 15.2 Å². The van der Waals surface area contributed by atoms with E-state index < -0.39 is 22.9 Å². The molecule has 2 heterocycles. The van der Waals surface area contributed by atoms with Gasteiger partial charge in [-0.1, -0.05) is 19.9 Å². The topological polar surface area (TPSA) is 83.3 Å². The van der Waals surface area contributed by atoms with E-state index in [-0.39, 0.29) is 0 Å². The Hall–Kier alpha value is -1.31. The van der Waals surface area contributed by atoms with Gasteiger partial charge >= 0.3 is 5.97 Å². The minimum Gasteiger partial charge on any atom is -0.481 e. The monoisotopic (exact) mass is 410 g/mol. The molecule has 0 spiro atoms. The first-order chi connectivity index (χ1) is 11.2. The molecule has 7 heteroatoms. The minimum absolute atomic E-state index is 0.385. The highest BCUT2D eigenvalue weighted by atomic mass is 79.9. The molecule has 5 nitrogen and oxygen atoms in total. The van der Waals surface area contributed by atoms with Crippen molar-refractivity contribution in [2.75, 3.05) is 0 Å². The summed E-state index contributed by atoms with van der Waals surface area (Å²) in [5.41, 5.74) is -0.765. The molecule has 128 valence electrons. The SMILES string of the molecule is CC1(C)C[C@@](O)(c2ncc(-c3cccc(Br)n3)s2)CCC1C(=O)O. The quantitative estimate of drug-likeness (QED) is 0.745. The molecule has 2 atom stereocenters. The van der Waals surface area contributed by atoms with Crippen molar-refractivity contribution in [1.29, 1.82) is 0 Å². The molecule has 1 fully saturated rings. The van der Waals surface area contributed by atoms with Crippen LogP contribution < -0.4 is 0 Å². The zero-order valence-electron chi connectivity index (χ0n) is 13.5. The van der Waals surface area contributed by atoms with Crippen molar-refractivity contribution >= 4 is 33.2 Å². The molecule has 1 aliphatic rings. The first kappa shape index (κ1) is 17.5. The number of pyridine rings is 1. The predicted molar refractivity (Wildman–Crippen MR) is 95.7 cm³/mol. The van der Waals surface area contributed by atoms with Gasteiger partial charge in [-0.25, -0.2) is 9.97 Å². The van der Waals surface area contributed by atoms with Crippen LogP contribution in [0.15, 0.2) is 29.0 Å². The molecule has 0 radical (unpaired) electrons. The maximum Gasteiger partial charge on any atom is 0.307 e. The second-order valence-corrected chi connectivity index (χ2v) is 8.84. The van der Waals surface area contributed by atoms with E-state index in [0.717, 1.165) is 15.2 Å².